The van der Waals surface area contributed by atoms with E-state index in [-0.39, 0.29) is 6.04 Å². The van der Waals surface area contributed by atoms with Gasteiger partial charge in [-0.1, -0.05) is 49.3 Å². The maximum atomic E-state index is 6.34. The van der Waals surface area contributed by atoms with E-state index < -0.39 is 0 Å². The molecule has 0 radical (unpaired) electrons. The molecule has 26 heavy (non-hydrogen) atoms. The second-order valence-corrected chi connectivity index (χ2v) is 7.06. The maximum Gasteiger partial charge on any atom is 0.150 e. The van der Waals surface area contributed by atoms with Crippen LogP contribution >= 0.6 is 0 Å². The van der Waals surface area contributed by atoms with E-state index in [1.807, 2.05) is 32.9 Å². The van der Waals surface area contributed by atoms with Gasteiger partial charge in [0.25, 0.3) is 0 Å². The first-order chi connectivity index (χ1) is 12.4. The van der Waals surface area contributed by atoms with Crippen LogP contribution in [-0.4, -0.2) is 10.1 Å². The summed E-state index contributed by atoms with van der Waals surface area (Å²) in [5, 5.41) is 7.60. The largest absolute Gasteiger partial charge is 0.396 e. The van der Waals surface area contributed by atoms with Crippen LogP contribution < -0.4 is 11.1 Å². The van der Waals surface area contributed by atoms with Gasteiger partial charge in [0.05, 0.1) is 28.7 Å². The molecule has 0 saturated heterocycles. The van der Waals surface area contributed by atoms with Gasteiger partial charge in [-0.3, -0.25) is 0 Å². The number of hydrogen-bond donors (Lipinski definition) is 2. The van der Waals surface area contributed by atoms with Crippen LogP contribution in [0, 0.1) is 26.7 Å². The highest BCUT2D eigenvalue weighted by Gasteiger charge is 2.20. The number of aromatic nitrogens is 2. The number of nitrogens with two attached hydrogens (primary N) is 1. The number of nitrogens with zero attached hydrogens (tertiary/aromatic N) is 2. The Labute approximate surface area is 154 Å². The normalized spacial score (nSPS) is 12.4. The van der Waals surface area contributed by atoms with Gasteiger partial charge in [-0.2, -0.15) is 0 Å². The van der Waals surface area contributed by atoms with Gasteiger partial charge in [0.1, 0.15) is 5.76 Å². The van der Waals surface area contributed by atoms with Crippen molar-refractivity contribution in [2.45, 2.75) is 40.7 Å². The molecule has 2 heterocycles. The van der Waals surface area contributed by atoms with Crippen molar-refractivity contribution in [2.75, 3.05) is 11.1 Å². The Bertz CT molecular complexity index is 880. The smallest absolute Gasteiger partial charge is 0.150 e. The fraction of sp³-hybridized carbons (Fsp3) is 0.333. The third kappa shape index (κ3) is 3.43. The molecule has 3 aromatic rings. The predicted octanol–water partition coefficient (Wildman–Crippen LogP) is 5.05. The van der Waals surface area contributed by atoms with Crippen molar-refractivity contribution >= 4 is 11.5 Å². The summed E-state index contributed by atoms with van der Waals surface area (Å²) in [5.74, 6) is 1.83. The van der Waals surface area contributed by atoms with Crippen LogP contribution in [0.2, 0.25) is 0 Å². The summed E-state index contributed by atoms with van der Waals surface area (Å²) in [6, 6.07) is 12.5. The minimum atomic E-state index is 0.116. The van der Waals surface area contributed by atoms with E-state index in [1.54, 1.807) is 0 Å². The molecule has 0 fully saturated rings. The summed E-state index contributed by atoms with van der Waals surface area (Å²) in [6.07, 6.45) is 0. The molecule has 0 amide bonds. The van der Waals surface area contributed by atoms with Crippen LogP contribution in [0.15, 0.2) is 40.9 Å². The first kappa shape index (κ1) is 18.0. The number of rotatable bonds is 5. The number of nitrogen functional groups attached to an aromatic ring is 1. The van der Waals surface area contributed by atoms with Crippen LogP contribution in [0.25, 0.3) is 11.3 Å². The third-order valence-electron chi connectivity index (χ3n) is 4.67. The first-order valence-electron chi connectivity index (χ1n) is 8.90. The van der Waals surface area contributed by atoms with E-state index in [4.69, 9.17) is 15.2 Å². The highest BCUT2D eigenvalue weighted by Crippen LogP contribution is 2.34. The molecule has 0 aliphatic rings. The fourth-order valence-electron chi connectivity index (χ4n) is 3.21. The quantitative estimate of drug-likeness (QED) is 0.673. The number of hydrogen-bond acceptors (Lipinski definition) is 5. The summed E-state index contributed by atoms with van der Waals surface area (Å²) in [5.41, 5.74) is 11.8. The van der Waals surface area contributed by atoms with E-state index in [9.17, 15) is 0 Å². The Morgan fingerprint density at radius 1 is 1.08 bits per heavy atom. The van der Waals surface area contributed by atoms with Crippen molar-refractivity contribution in [3.8, 4) is 11.3 Å². The van der Waals surface area contributed by atoms with E-state index in [0.29, 0.717) is 17.4 Å². The molecule has 3 N–H and O–H groups in total. The molecule has 1 aromatic carbocycles. The van der Waals surface area contributed by atoms with Crippen LogP contribution in [0.4, 0.5) is 11.5 Å². The van der Waals surface area contributed by atoms with Gasteiger partial charge in [-0.15, -0.1) is 0 Å². The van der Waals surface area contributed by atoms with Crippen LogP contribution in [-0.2, 0) is 0 Å². The van der Waals surface area contributed by atoms with E-state index >= 15 is 0 Å². The predicted molar refractivity (Wildman–Crippen MR) is 106 cm³/mol. The molecule has 3 rings (SSSR count). The average Bonchev–Trinajstić information content (AvgIpc) is 2.95. The molecule has 5 heteroatoms. The van der Waals surface area contributed by atoms with Gasteiger partial charge >= 0.3 is 0 Å². The lowest BCUT2D eigenvalue weighted by Crippen LogP contribution is -2.19. The van der Waals surface area contributed by atoms with Gasteiger partial charge in [-0.05, 0) is 43.9 Å². The summed E-state index contributed by atoms with van der Waals surface area (Å²) < 4.78 is 5.31. The summed E-state index contributed by atoms with van der Waals surface area (Å²) >= 11 is 0. The summed E-state index contributed by atoms with van der Waals surface area (Å²) in [4.78, 5) is 4.81. The Morgan fingerprint density at radius 3 is 2.35 bits per heavy atom. The molecule has 1 atom stereocenters. The van der Waals surface area contributed by atoms with Gasteiger partial charge in [0, 0.05) is 0 Å². The third-order valence-corrected chi connectivity index (χ3v) is 4.67. The molecule has 0 aliphatic carbocycles. The zero-order chi connectivity index (χ0) is 18.8. The first-order valence-corrected chi connectivity index (χ1v) is 8.90. The van der Waals surface area contributed by atoms with E-state index in [1.165, 1.54) is 5.56 Å². The molecule has 0 unspecified atom stereocenters. The molecular formula is C21H26N4O. The number of pyridine rings is 1. The Kier molecular flexibility index (Phi) is 4.98. The number of nitrogens with one attached hydrogen (secondary N) is 1. The molecule has 136 valence electrons. The van der Waals surface area contributed by atoms with Gasteiger partial charge in [-0.25, -0.2) is 4.98 Å². The summed E-state index contributed by atoms with van der Waals surface area (Å²) in [7, 11) is 0. The van der Waals surface area contributed by atoms with Crippen molar-refractivity contribution in [3.63, 3.8) is 0 Å². The van der Waals surface area contributed by atoms with Crippen molar-refractivity contribution < 1.29 is 4.52 Å². The second kappa shape index (κ2) is 7.20. The Hall–Kier alpha value is -2.82. The highest BCUT2D eigenvalue weighted by atomic mass is 16.5. The lowest BCUT2D eigenvalue weighted by Gasteiger charge is -2.25. The summed E-state index contributed by atoms with van der Waals surface area (Å²) in [6.45, 7) is 10.2. The van der Waals surface area contributed by atoms with Gasteiger partial charge in [0.15, 0.2) is 5.82 Å². The molecule has 2 aromatic heterocycles. The molecular weight excluding hydrogens is 324 g/mol. The maximum absolute atomic E-state index is 6.34. The number of anilines is 2. The van der Waals surface area contributed by atoms with Crippen LogP contribution in [0.5, 0.6) is 0 Å². The van der Waals surface area contributed by atoms with Crippen molar-refractivity contribution in [1.29, 1.82) is 0 Å². The standard InChI is InChI=1S/C21H26N4O/c1-12(2)20(16-9-7-6-8-10-16)24-21-19(22)13(3)11-17(23-21)18-14(4)25-26-15(18)5/h6-12,20H,22H2,1-5H3,(H,23,24)/t20-/m0/s1. The average molecular weight is 350 g/mol. The Morgan fingerprint density at radius 2 is 1.77 bits per heavy atom. The monoisotopic (exact) mass is 350 g/mol. The van der Waals surface area contributed by atoms with Gasteiger partial charge in [0.2, 0.25) is 0 Å². The topological polar surface area (TPSA) is 77.0 Å². The molecule has 0 bridgehead atoms. The van der Waals surface area contributed by atoms with Gasteiger partial charge < -0.3 is 15.6 Å². The minimum absolute atomic E-state index is 0.116. The second-order valence-electron chi connectivity index (χ2n) is 7.06. The van der Waals surface area contributed by atoms with Crippen LogP contribution in [0.1, 0.15) is 42.5 Å². The van der Waals surface area contributed by atoms with Crippen molar-refractivity contribution in [1.82, 2.24) is 10.1 Å². The van der Waals surface area contributed by atoms with E-state index in [2.05, 4.69) is 48.6 Å². The SMILES string of the molecule is Cc1cc(-c2c(C)noc2C)nc(N[C@H](c2ccccc2)C(C)C)c1N. The zero-order valence-corrected chi connectivity index (χ0v) is 16.0. The van der Waals surface area contributed by atoms with Crippen molar-refractivity contribution in [3.05, 3.63) is 59.0 Å². The highest BCUT2D eigenvalue weighted by molar-refractivity contribution is 5.74. The number of benzene rings is 1. The van der Waals surface area contributed by atoms with Crippen molar-refractivity contribution in [2.24, 2.45) is 5.92 Å². The minimum Gasteiger partial charge on any atom is -0.396 e. The van der Waals surface area contributed by atoms with E-state index in [0.717, 1.165) is 28.3 Å². The lowest BCUT2D eigenvalue weighted by molar-refractivity contribution is 0.393. The lowest BCUT2D eigenvalue weighted by atomic mass is 9.96. The molecule has 5 nitrogen and oxygen atoms in total. The molecule has 0 saturated carbocycles. The zero-order valence-electron chi connectivity index (χ0n) is 16.0. The Balaban J connectivity index is 2.04. The fourth-order valence-corrected chi connectivity index (χ4v) is 3.21. The van der Waals surface area contributed by atoms with Crippen LogP contribution in [0.3, 0.4) is 0 Å². The number of aryl methyl sites for hydroxylation is 3. The molecule has 0 aliphatic heterocycles. The molecule has 0 spiro atoms.